The lowest BCUT2D eigenvalue weighted by Crippen LogP contribution is -2.10. The first-order valence-electron chi connectivity index (χ1n) is 6.94. The maximum atomic E-state index is 10.9. The van der Waals surface area contributed by atoms with Gasteiger partial charge in [0.05, 0.1) is 0 Å². The Morgan fingerprint density at radius 2 is 1.86 bits per heavy atom. The lowest BCUT2D eigenvalue weighted by molar-refractivity contribution is 0.0661. The molecule has 4 heteroatoms. The van der Waals surface area contributed by atoms with Crippen molar-refractivity contribution in [2.45, 2.75) is 39.7 Å². The van der Waals surface area contributed by atoms with Crippen LogP contribution in [0.5, 0.6) is 0 Å². The zero-order chi connectivity index (χ0) is 15.6. The van der Waals surface area contributed by atoms with Crippen molar-refractivity contribution in [1.82, 2.24) is 0 Å². The maximum Gasteiger partial charge on any atom is 0.371 e. The van der Waals surface area contributed by atoms with Gasteiger partial charge in [-0.25, -0.2) is 4.79 Å². The fraction of sp³-hybridized carbons (Fsp3) is 0.353. The molecule has 0 atom stereocenters. The third-order valence-corrected chi connectivity index (χ3v) is 3.47. The average Bonchev–Trinajstić information content (AvgIpc) is 2.77. The second-order valence-corrected chi connectivity index (χ2v) is 6.18. The van der Waals surface area contributed by atoms with Crippen molar-refractivity contribution >= 4 is 11.7 Å². The standard InChI is InChI=1S/C17H21NO3/c1-11-12(9-15(21-11)16(19)20)10-18-14-7-5-13(6-8-14)17(2,3)4/h5-9,18H,10H2,1-4H3,(H,19,20). The van der Waals surface area contributed by atoms with Crippen LogP contribution in [0.2, 0.25) is 0 Å². The molecule has 2 N–H and O–H groups in total. The van der Waals surface area contributed by atoms with E-state index in [0.717, 1.165) is 11.3 Å². The largest absolute Gasteiger partial charge is 0.475 e. The molecular formula is C17H21NO3. The molecule has 0 aliphatic carbocycles. The average molecular weight is 287 g/mol. The van der Waals surface area contributed by atoms with Gasteiger partial charge in [0.15, 0.2) is 0 Å². The minimum absolute atomic E-state index is 0.0209. The fourth-order valence-electron chi connectivity index (χ4n) is 2.09. The van der Waals surface area contributed by atoms with Crippen LogP contribution < -0.4 is 5.32 Å². The van der Waals surface area contributed by atoms with Crippen LogP contribution in [0.1, 0.15) is 48.2 Å². The summed E-state index contributed by atoms with van der Waals surface area (Å²) in [5.41, 5.74) is 3.27. The Bertz CT molecular complexity index is 633. The molecule has 0 unspecified atom stereocenters. The predicted octanol–water partition coefficient (Wildman–Crippen LogP) is 4.20. The van der Waals surface area contributed by atoms with E-state index in [-0.39, 0.29) is 11.2 Å². The van der Waals surface area contributed by atoms with E-state index in [0.29, 0.717) is 12.3 Å². The summed E-state index contributed by atoms with van der Waals surface area (Å²) in [7, 11) is 0. The number of furan rings is 1. The maximum absolute atomic E-state index is 10.9. The van der Waals surface area contributed by atoms with Crippen molar-refractivity contribution in [3.63, 3.8) is 0 Å². The lowest BCUT2D eigenvalue weighted by atomic mass is 9.87. The van der Waals surface area contributed by atoms with Crippen molar-refractivity contribution < 1.29 is 14.3 Å². The zero-order valence-corrected chi connectivity index (χ0v) is 12.9. The third kappa shape index (κ3) is 3.66. The SMILES string of the molecule is Cc1oc(C(=O)O)cc1CNc1ccc(C(C)(C)C)cc1. The lowest BCUT2D eigenvalue weighted by Gasteiger charge is -2.19. The van der Waals surface area contributed by atoms with Crippen molar-refractivity contribution in [3.8, 4) is 0 Å². The van der Waals surface area contributed by atoms with Crippen LogP contribution in [0.25, 0.3) is 0 Å². The molecule has 0 saturated carbocycles. The van der Waals surface area contributed by atoms with Crippen LogP contribution in [-0.4, -0.2) is 11.1 Å². The van der Waals surface area contributed by atoms with Gasteiger partial charge in [0.25, 0.3) is 0 Å². The summed E-state index contributed by atoms with van der Waals surface area (Å²) in [5.74, 6) is -0.433. The molecule has 0 radical (unpaired) electrons. The van der Waals surface area contributed by atoms with E-state index in [4.69, 9.17) is 9.52 Å². The number of nitrogens with one attached hydrogen (secondary N) is 1. The molecule has 0 bridgehead atoms. The second-order valence-electron chi connectivity index (χ2n) is 6.18. The Morgan fingerprint density at radius 1 is 1.24 bits per heavy atom. The van der Waals surface area contributed by atoms with Gasteiger partial charge in [-0.15, -0.1) is 0 Å². The molecule has 0 aliphatic heterocycles. The number of hydrogen-bond acceptors (Lipinski definition) is 3. The van der Waals surface area contributed by atoms with Gasteiger partial charge in [0, 0.05) is 17.8 Å². The summed E-state index contributed by atoms with van der Waals surface area (Å²) in [4.78, 5) is 10.9. The molecule has 112 valence electrons. The summed E-state index contributed by atoms with van der Waals surface area (Å²) in [6.07, 6.45) is 0. The zero-order valence-electron chi connectivity index (χ0n) is 12.9. The molecule has 2 rings (SSSR count). The molecule has 0 fully saturated rings. The quantitative estimate of drug-likeness (QED) is 0.884. The molecule has 2 aromatic rings. The molecule has 0 spiro atoms. The number of carbonyl (C=O) groups is 1. The first-order valence-corrected chi connectivity index (χ1v) is 6.94. The predicted molar refractivity (Wildman–Crippen MR) is 82.9 cm³/mol. The van der Waals surface area contributed by atoms with Crippen molar-refractivity contribution in [2.24, 2.45) is 0 Å². The van der Waals surface area contributed by atoms with E-state index in [2.05, 4.69) is 38.2 Å². The van der Waals surface area contributed by atoms with Gasteiger partial charge in [-0.1, -0.05) is 32.9 Å². The number of carboxylic acid groups (broad SMARTS) is 1. The fourth-order valence-corrected chi connectivity index (χ4v) is 2.09. The second kappa shape index (κ2) is 5.64. The number of anilines is 1. The van der Waals surface area contributed by atoms with Gasteiger partial charge in [-0.05, 0) is 36.1 Å². The monoisotopic (exact) mass is 287 g/mol. The van der Waals surface area contributed by atoms with Crippen LogP contribution >= 0.6 is 0 Å². The number of carboxylic acids is 1. The normalized spacial score (nSPS) is 11.4. The highest BCUT2D eigenvalue weighted by Crippen LogP contribution is 2.24. The topological polar surface area (TPSA) is 62.5 Å². The molecule has 4 nitrogen and oxygen atoms in total. The number of rotatable bonds is 4. The molecular weight excluding hydrogens is 266 g/mol. The van der Waals surface area contributed by atoms with E-state index in [9.17, 15) is 4.79 Å². The molecule has 0 amide bonds. The van der Waals surface area contributed by atoms with Crippen LogP contribution in [-0.2, 0) is 12.0 Å². The van der Waals surface area contributed by atoms with E-state index < -0.39 is 5.97 Å². The molecule has 1 aromatic heterocycles. The Balaban J connectivity index is 2.05. The summed E-state index contributed by atoms with van der Waals surface area (Å²) in [6.45, 7) is 8.84. The minimum atomic E-state index is -1.04. The number of aryl methyl sites for hydroxylation is 1. The smallest absolute Gasteiger partial charge is 0.371 e. The molecule has 0 aliphatic rings. The van der Waals surface area contributed by atoms with E-state index >= 15 is 0 Å². The van der Waals surface area contributed by atoms with Crippen molar-refractivity contribution in [1.29, 1.82) is 0 Å². The third-order valence-electron chi connectivity index (χ3n) is 3.47. The Kier molecular flexibility index (Phi) is 4.07. The van der Waals surface area contributed by atoms with E-state index in [1.165, 1.54) is 5.56 Å². The van der Waals surface area contributed by atoms with Crippen molar-refractivity contribution in [2.75, 3.05) is 5.32 Å². The van der Waals surface area contributed by atoms with Crippen LogP contribution in [0.4, 0.5) is 5.69 Å². The molecule has 1 aromatic carbocycles. The van der Waals surface area contributed by atoms with Gasteiger partial charge >= 0.3 is 5.97 Å². The highest BCUT2D eigenvalue weighted by Gasteiger charge is 2.14. The Morgan fingerprint density at radius 3 is 2.33 bits per heavy atom. The van der Waals surface area contributed by atoms with E-state index in [1.54, 1.807) is 13.0 Å². The highest BCUT2D eigenvalue weighted by molar-refractivity contribution is 5.84. The van der Waals surface area contributed by atoms with Crippen LogP contribution in [0, 0.1) is 6.92 Å². The van der Waals surface area contributed by atoms with Crippen LogP contribution in [0.15, 0.2) is 34.7 Å². The van der Waals surface area contributed by atoms with Gasteiger partial charge < -0.3 is 14.8 Å². The summed E-state index contributed by atoms with van der Waals surface area (Å²) in [5, 5.41) is 12.2. The van der Waals surface area contributed by atoms with Gasteiger partial charge in [-0.2, -0.15) is 0 Å². The van der Waals surface area contributed by atoms with Gasteiger partial charge in [-0.3, -0.25) is 0 Å². The van der Waals surface area contributed by atoms with Gasteiger partial charge in [0.2, 0.25) is 5.76 Å². The van der Waals surface area contributed by atoms with Crippen LogP contribution in [0.3, 0.4) is 0 Å². The first-order chi connectivity index (χ1) is 9.77. The van der Waals surface area contributed by atoms with E-state index in [1.807, 2.05) is 12.1 Å². The highest BCUT2D eigenvalue weighted by atomic mass is 16.4. The number of benzene rings is 1. The summed E-state index contributed by atoms with van der Waals surface area (Å²) < 4.78 is 5.19. The molecule has 0 saturated heterocycles. The molecule has 21 heavy (non-hydrogen) atoms. The minimum Gasteiger partial charge on any atom is -0.475 e. The number of aromatic carboxylic acids is 1. The van der Waals surface area contributed by atoms with Gasteiger partial charge in [0.1, 0.15) is 5.76 Å². The van der Waals surface area contributed by atoms with Crippen molar-refractivity contribution in [3.05, 3.63) is 53.0 Å². The summed E-state index contributed by atoms with van der Waals surface area (Å²) in [6, 6.07) is 9.84. The summed E-state index contributed by atoms with van der Waals surface area (Å²) >= 11 is 0. The molecule has 1 heterocycles. The Labute approximate surface area is 124 Å². The Hall–Kier alpha value is -2.23. The first kappa shape index (κ1) is 15.2. The number of hydrogen-bond donors (Lipinski definition) is 2.